The van der Waals surface area contributed by atoms with Gasteiger partial charge in [0.2, 0.25) is 5.91 Å². The number of carbonyl (C=O) groups is 3. The van der Waals surface area contributed by atoms with Crippen molar-refractivity contribution in [3.05, 3.63) is 35.4 Å². The molecule has 0 unspecified atom stereocenters. The minimum atomic E-state index is -4.52. The Hall–Kier alpha value is -2.70. The number of hydrogen-bond acceptors (Lipinski definition) is 8. The standard InChI is InChI=1S/C22H31N3O8S/c1-15-7-4-5-8-17(15)20(27)31-12-6-11-22(2,3)14-32-34(29,30)33-25-16-9-10-18(19(23)26)24(13-16)21(25)28/h4-5,7-8,16,18H,6,9-14H2,1-3H3,(H2,23,26)/t16-,18+/m1/s1. The number of piperidine rings is 1. The number of esters is 1. The fourth-order valence-corrected chi connectivity index (χ4v) is 4.93. The van der Waals surface area contributed by atoms with E-state index in [-0.39, 0.29) is 19.8 Å². The first-order chi connectivity index (χ1) is 15.9. The summed E-state index contributed by atoms with van der Waals surface area (Å²) in [6.45, 7) is 5.60. The second-order valence-corrected chi connectivity index (χ2v) is 10.6. The zero-order valence-electron chi connectivity index (χ0n) is 19.6. The van der Waals surface area contributed by atoms with Gasteiger partial charge in [-0.2, -0.15) is 13.5 Å². The molecule has 1 aromatic carbocycles. The molecule has 0 saturated carbocycles. The minimum Gasteiger partial charge on any atom is -0.462 e. The third-order valence-electron chi connectivity index (χ3n) is 6.01. The normalized spacial score (nSPS) is 20.5. The first-order valence-corrected chi connectivity index (χ1v) is 12.4. The van der Waals surface area contributed by atoms with Gasteiger partial charge in [-0.25, -0.2) is 13.8 Å². The average molecular weight is 498 g/mol. The van der Waals surface area contributed by atoms with E-state index in [2.05, 4.69) is 0 Å². The van der Waals surface area contributed by atoms with Crippen molar-refractivity contribution in [1.82, 2.24) is 9.96 Å². The van der Waals surface area contributed by atoms with Gasteiger partial charge in [-0.1, -0.05) is 32.0 Å². The largest absolute Gasteiger partial charge is 0.462 e. The van der Waals surface area contributed by atoms with Crippen molar-refractivity contribution in [2.45, 2.75) is 58.5 Å². The molecule has 0 spiro atoms. The molecule has 2 N–H and O–H groups in total. The van der Waals surface area contributed by atoms with E-state index in [1.54, 1.807) is 12.1 Å². The molecule has 2 atom stereocenters. The summed E-state index contributed by atoms with van der Waals surface area (Å²) in [5.41, 5.74) is 6.08. The van der Waals surface area contributed by atoms with Crippen LogP contribution in [0.5, 0.6) is 0 Å². The number of carbonyl (C=O) groups excluding carboxylic acids is 3. The van der Waals surface area contributed by atoms with Crippen LogP contribution in [0, 0.1) is 12.3 Å². The SMILES string of the molecule is Cc1ccccc1C(=O)OCCCC(C)(C)COS(=O)(=O)ON1C(=O)N2C[C@H]1CC[C@H]2C(N)=O. The van der Waals surface area contributed by atoms with Crippen LogP contribution in [0.1, 0.15) is 55.5 Å². The van der Waals surface area contributed by atoms with Crippen LogP contribution in [0.25, 0.3) is 0 Å². The van der Waals surface area contributed by atoms with Crippen LogP contribution in [-0.2, 0) is 28.4 Å². The Morgan fingerprint density at radius 1 is 1.21 bits per heavy atom. The maximum atomic E-state index is 12.5. The number of amides is 3. The van der Waals surface area contributed by atoms with Gasteiger partial charge in [0.1, 0.15) is 6.04 Å². The Bertz CT molecular complexity index is 1040. The molecule has 11 nitrogen and oxygen atoms in total. The molecule has 3 amide bonds. The number of nitrogens with two attached hydrogens (primary N) is 1. The Morgan fingerprint density at radius 3 is 2.59 bits per heavy atom. The number of urea groups is 1. The molecule has 188 valence electrons. The number of fused-ring (bicyclic) bond motifs is 2. The van der Waals surface area contributed by atoms with E-state index in [1.165, 1.54) is 4.90 Å². The highest BCUT2D eigenvalue weighted by Gasteiger charge is 2.49. The molecule has 2 aliphatic heterocycles. The molecular weight excluding hydrogens is 466 g/mol. The fraction of sp³-hybridized carbons (Fsp3) is 0.591. The molecule has 2 bridgehead atoms. The van der Waals surface area contributed by atoms with E-state index in [4.69, 9.17) is 18.9 Å². The number of primary amides is 1. The summed E-state index contributed by atoms with van der Waals surface area (Å²) in [6, 6.07) is 5.13. The van der Waals surface area contributed by atoms with Crippen LogP contribution in [0.2, 0.25) is 0 Å². The lowest BCUT2D eigenvalue weighted by Gasteiger charge is -2.27. The van der Waals surface area contributed by atoms with Gasteiger partial charge in [-0.15, -0.1) is 4.28 Å². The number of hydrogen-bond donors (Lipinski definition) is 1. The first kappa shape index (κ1) is 25.9. The number of nitrogens with zero attached hydrogens (tertiary/aromatic N) is 2. The van der Waals surface area contributed by atoms with Crippen LogP contribution >= 0.6 is 0 Å². The summed E-state index contributed by atoms with van der Waals surface area (Å²) in [7, 11) is -4.52. The van der Waals surface area contributed by atoms with Gasteiger partial charge >= 0.3 is 22.4 Å². The quantitative estimate of drug-likeness (QED) is 0.360. The van der Waals surface area contributed by atoms with E-state index < -0.39 is 45.8 Å². The maximum Gasteiger partial charge on any atom is 0.421 e. The van der Waals surface area contributed by atoms with Gasteiger partial charge in [0.15, 0.2) is 0 Å². The number of benzene rings is 1. The molecule has 0 aromatic heterocycles. The van der Waals surface area contributed by atoms with E-state index >= 15 is 0 Å². The van der Waals surface area contributed by atoms with Crippen LogP contribution in [0.4, 0.5) is 4.79 Å². The van der Waals surface area contributed by atoms with Crippen molar-refractivity contribution in [3.8, 4) is 0 Å². The molecule has 2 aliphatic rings. The Kier molecular flexibility index (Phi) is 7.84. The van der Waals surface area contributed by atoms with E-state index in [1.807, 2.05) is 32.9 Å². The lowest BCUT2D eigenvalue weighted by atomic mass is 9.89. The highest BCUT2D eigenvalue weighted by molar-refractivity contribution is 7.81. The van der Waals surface area contributed by atoms with Crippen LogP contribution in [0.3, 0.4) is 0 Å². The Morgan fingerprint density at radius 2 is 1.91 bits per heavy atom. The van der Waals surface area contributed by atoms with Gasteiger partial charge in [0, 0.05) is 6.54 Å². The number of hydroxylamine groups is 2. The van der Waals surface area contributed by atoms with Gasteiger partial charge < -0.3 is 15.4 Å². The number of rotatable bonds is 11. The predicted octanol–water partition coefficient (Wildman–Crippen LogP) is 1.91. The summed E-state index contributed by atoms with van der Waals surface area (Å²) in [6.07, 6.45) is 1.75. The molecular formula is C22H31N3O8S. The zero-order chi connectivity index (χ0) is 25.1. The topological polar surface area (TPSA) is 146 Å². The van der Waals surface area contributed by atoms with Gasteiger partial charge in [0.25, 0.3) is 0 Å². The molecule has 34 heavy (non-hydrogen) atoms. The predicted molar refractivity (Wildman–Crippen MR) is 120 cm³/mol. The highest BCUT2D eigenvalue weighted by Crippen LogP contribution is 2.31. The summed E-state index contributed by atoms with van der Waals surface area (Å²) in [5, 5.41) is 0.746. The van der Waals surface area contributed by atoms with E-state index in [0.29, 0.717) is 31.2 Å². The Labute approximate surface area is 199 Å². The summed E-state index contributed by atoms with van der Waals surface area (Å²) in [4.78, 5) is 37.4. The molecule has 2 fully saturated rings. The average Bonchev–Trinajstić information content (AvgIpc) is 2.99. The van der Waals surface area contributed by atoms with Gasteiger partial charge in [-0.3, -0.25) is 4.79 Å². The monoisotopic (exact) mass is 497 g/mol. The third kappa shape index (κ3) is 6.24. The molecule has 12 heteroatoms. The number of ether oxygens (including phenoxy) is 1. The van der Waals surface area contributed by atoms with E-state index in [9.17, 15) is 22.8 Å². The summed E-state index contributed by atoms with van der Waals surface area (Å²) < 4.78 is 40.0. The van der Waals surface area contributed by atoms with Crippen molar-refractivity contribution in [2.75, 3.05) is 19.8 Å². The minimum absolute atomic E-state index is 0.161. The smallest absolute Gasteiger partial charge is 0.421 e. The fourth-order valence-electron chi connectivity index (χ4n) is 4.04. The summed E-state index contributed by atoms with van der Waals surface area (Å²) >= 11 is 0. The molecule has 1 aromatic rings. The van der Waals surface area contributed by atoms with Crippen molar-refractivity contribution in [2.24, 2.45) is 11.1 Å². The lowest BCUT2D eigenvalue weighted by Crippen LogP contribution is -2.47. The highest BCUT2D eigenvalue weighted by atomic mass is 32.3. The second kappa shape index (κ2) is 10.3. The third-order valence-corrected chi connectivity index (χ3v) is 6.76. The van der Waals surface area contributed by atoms with Crippen molar-refractivity contribution < 1.29 is 36.0 Å². The molecule has 2 heterocycles. The van der Waals surface area contributed by atoms with E-state index in [0.717, 1.165) is 10.6 Å². The lowest BCUT2D eigenvalue weighted by molar-refractivity contribution is -0.122. The molecule has 0 radical (unpaired) electrons. The van der Waals surface area contributed by atoms with Crippen molar-refractivity contribution in [3.63, 3.8) is 0 Å². The molecule has 0 aliphatic carbocycles. The zero-order valence-corrected chi connectivity index (χ0v) is 20.4. The van der Waals surface area contributed by atoms with Gasteiger partial charge in [-0.05, 0) is 49.7 Å². The Balaban J connectivity index is 1.44. The van der Waals surface area contributed by atoms with Crippen molar-refractivity contribution in [1.29, 1.82) is 0 Å². The van der Waals surface area contributed by atoms with Gasteiger partial charge in [0.05, 0.1) is 24.8 Å². The van der Waals surface area contributed by atoms with Crippen LogP contribution in [0.15, 0.2) is 24.3 Å². The second-order valence-electron chi connectivity index (χ2n) is 9.37. The molecule has 3 rings (SSSR count). The maximum absolute atomic E-state index is 12.5. The summed E-state index contributed by atoms with van der Waals surface area (Å²) in [5.74, 6) is -1.04. The molecule has 2 saturated heterocycles. The van der Waals surface area contributed by atoms with Crippen LogP contribution < -0.4 is 5.73 Å². The van der Waals surface area contributed by atoms with Crippen molar-refractivity contribution >= 4 is 28.3 Å². The first-order valence-electron chi connectivity index (χ1n) is 11.1. The number of aryl methyl sites for hydroxylation is 1. The van der Waals surface area contributed by atoms with Crippen LogP contribution in [-0.4, -0.2) is 68.1 Å².